The van der Waals surface area contributed by atoms with Gasteiger partial charge in [-0.1, -0.05) is 55.5 Å². The van der Waals surface area contributed by atoms with Gasteiger partial charge in [0.05, 0.1) is 6.42 Å². The first-order valence-electron chi connectivity index (χ1n) is 9.09. The number of carbonyl (C=O) groups is 2. The summed E-state index contributed by atoms with van der Waals surface area (Å²) >= 11 is 0. The maximum Gasteiger partial charge on any atom is 0.315 e. The van der Waals surface area contributed by atoms with Crippen LogP contribution in [0, 0.1) is 6.92 Å². The predicted molar refractivity (Wildman–Crippen MR) is 106 cm³/mol. The molecule has 1 heterocycles. The Morgan fingerprint density at radius 3 is 2.41 bits per heavy atom. The van der Waals surface area contributed by atoms with Crippen LogP contribution < -0.4 is 5.32 Å². The SMILES string of the molecule is CCC(CNC(=O)Cc1c(C)[nH]c2ccccc12)(C(=O)O)c1ccccc1. The Labute approximate surface area is 158 Å². The molecule has 0 spiro atoms. The Morgan fingerprint density at radius 1 is 1.07 bits per heavy atom. The van der Waals surface area contributed by atoms with E-state index in [2.05, 4.69) is 10.3 Å². The zero-order valence-electron chi connectivity index (χ0n) is 15.6. The van der Waals surface area contributed by atoms with Gasteiger partial charge >= 0.3 is 5.97 Å². The van der Waals surface area contributed by atoms with E-state index in [1.54, 1.807) is 12.1 Å². The van der Waals surface area contributed by atoms with Gasteiger partial charge in [0.15, 0.2) is 0 Å². The van der Waals surface area contributed by atoms with Gasteiger partial charge in [0.25, 0.3) is 0 Å². The van der Waals surface area contributed by atoms with Crippen LogP contribution in [0.5, 0.6) is 0 Å². The van der Waals surface area contributed by atoms with Gasteiger partial charge in [0, 0.05) is 23.1 Å². The van der Waals surface area contributed by atoms with E-state index < -0.39 is 11.4 Å². The Morgan fingerprint density at radius 2 is 1.74 bits per heavy atom. The van der Waals surface area contributed by atoms with Crippen LogP contribution in [0.3, 0.4) is 0 Å². The van der Waals surface area contributed by atoms with Crippen molar-refractivity contribution >= 4 is 22.8 Å². The van der Waals surface area contributed by atoms with Gasteiger partial charge in [-0.15, -0.1) is 0 Å². The Balaban J connectivity index is 1.78. The number of aryl methyl sites for hydroxylation is 1. The fraction of sp³-hybridized carbons (Fsp3) is 0.273. The summed E-state index contributed by atoms with van der Waals surface area (Å²) in [5.41, 5.74) is 2.46. The number of carboxylic acid groups (broad SMARTS) is 1. The normalized spacial score (nSPS) is 13.3. The van der Waals surface area contributed by atoms with Gasteiger partial charge in [-0.05, 0) is 30.5 Å². The number of rotatable bonds is 7. The van der Waals surface area contributed by atoms with Crippen molar-refractivity contribution in [1.29, 1.82) is 0 Å². The highest BCUT2D eigenvalue weighted by atomic mass is 16.4. The number of aromatic amines is 1. The van der Waals surface area contributed by atoms with Crippen LogP contribution in [0.15, 0.2) is 54.6 Å². The Kier molecular flexibility index (Phi) is 5.31. The van der Waals surface area contributed by atoms with Gasteiger partial charge in [-0.3, -0.25) is 9.59 Å². The molecule has 0 radical (unpaired) electrons. The molecule has 0 aliphatic heterocycles. The lowest BCUT2D eigenvalue weighted by atomic mass is 9.78. The first kappa shape index (κ1) is 18.7. The fourth-order valence-electron chi connectivity index (χ4n) is 3.57. The predicted octanol–water partition coefficient (Wildman–Crippen LogP) is 3.57. The second-order valence-corrected chi connectivity index (χ2v) is 6.83. The van der Waals surface area contributed by atoms with Crippen molar-refractivity contribution in [3.05, 3.63) is 71.4 Å². The summed E-state index contributed by atoms with van der Waals surface area (Å²) in [7, 11) is 0. The van der Waals surface area contributed by atoms with E-state index in [4.69, 9.17) is 0 Å². The van der Waals surface area contributed by atoms with E-state index >= 15 is 0 Å². The molecular weight excluding hydrogens is 340 g/mol. The lowest BCUT2D eigenvalue weighted by molar-refractivity contribution is -0.144. The minimum atomic E-state index is -1.13. The number of amides is 1. The summed E-state index contributed by atoms with van der Waals surface area (Å²) < 4.78 is 0. The molecule has 1 aromatic heterocycles. The minimum absolute atomic E-state index is 0.0586. The van der Waals surface area contributed by atoms with Crippen LogP contribution in [0.2, 0.25) is 0 Å². The molecule has 3 rings (SSSR count). The molecule has 140 valence electrons. The van der Waals surface area contributed by atoms with E-state index in [-0.39, 0.29) is 18.9 Å². The average molecular weight is 364 g/mol. The standard InChI is InChI=1S/C22H24N2O3/c1-3-22(21(26)27,16-9-5-4-6-10-16)14-23-20(25)13-18-15(2)24-19-12-8-7-11-17(18)19/h4-12,24H,3,13-14H2,1-2H3,(H,23,25)(H,26,27). The molecule has 1 amide bonds. The number of aliphatic carboxylic acids is 1. The van der Waals surface area contributed by atoms with Gasteiger partial charge in [0.1, 0.15) is 5.41 Å². The number of aromatic nitrogens is 1. The highest BCUT2D eigenvalue weighted by Crippen LogP contribution is 2.28. The lowest BCUT2D eigenvalue weighted by Gasteiger charge is -2.29. The lowest BCUT2D eigenvalue weighted by Crippen LogP contribution is -2.46. The molecule has 1 atom stereocenters. The minimum Gasteiger partial charge on any atom is -0.481 e. The number of fused-ring (bicyclic) bond motifs is 1. The maximum atomic E-state index is 12.6. The van der Waals surface area contributed by atoms with E-state index in [1.807, 2.05) is 56.3 Å². The van der Waals surface area contributed by atoms with Crippen molar-refractivity contribution in [3.63, 3.8) is 0 Å². The highest BCUT2D eigenvalue weighted by Gasteiger charge is 2.39. The number of nitrogens with one attached hydrogen (secondary N) is 2. The monoisotopic (exact) mass is 364 g/mol. The number of para-hydroxylation sites is 1. The number of H-pyrrole nitrogens is 1. The maximum absolute atomic E-state index is 12.6. The molecule has 0 saturated carbocycles. The van der Waals surface area contributed by atoms with Crippen molar-refractivity contribution < 1.29 is 14.7 Å². The molecule has 0 aliphatic rings. The van der Waals surface area contributed by atoms with Crippen molar-refractivity contribution in [3.8, 4) is 0 Å². The molecule has 0 fully saturated rings. The van der Waals surface area contributed by atoms with E-state index in [0.717, 1.165) is 22.2 Å². The van der Waals surface area contributed by atoms with Crippen molar-refractivity contribution in [2.75, 3.05) is 6.54 Å². The summed E-state index contributed by atoms with van der Waals surface area (Å²) in [4.78, 5) is 27.9. The number of hydrogen-bond acceptors (Lipinski definition) is 2. The van der Waals surface area contributed by atoms with E-state index in [1.165, 1.54) is 0 Å². The van der Waals surface area contributed by atoms with Crippen molar-refractivity contribution in [2.24, 2.45) is 0 Å². The van der Waals surface area contributed by atoms with Crippen molar-refractivity contribution in [1.82, 2.24) is 10.3 Å². The molecule has 0 aliphatic carbocycles. The summed E-state index contributed by atoms with van der Waals surface area (Å²) in [6.45, 7) is 3.83. The number of hydrogen-bond donors (Lipinski definition) is 3. The van der Waals surface area contributed by atoms with Crippen molar-refractivity contribution in [2.45, 2.75) is 32.1 Å². The summed E-state index contributed by atoms with van der Waals surface area (Å²) in [6.07, 6.45) is 0.600. The smallest absolute Gasteiger partial charge is 0.315 e. The van der Waals surface area contributed by atoms with Crippen LogP contribution in [0.1, 0.15) is 30.2 Å². The summed E-state index contributed by atoms with van der Waals surface area (Å²) in [5.74, 6) is -1.11. The third-order valence-electron chi connectivity index (χ3n) is 5.29. The molecule has 5 nitrogen and oxygen atoms in total. The van der Waals surface area contributed by atoms with Crippen LogP contribution in [0.25, 0.3) is 10.9 Å². The zero-order chi connectivity index (χ0) is 19.4. The molecule has 3 N–H and O–H groups in total. The number of benzene rings is 2. The highest BCUT2D eigenvalue weighted by molar-refractivity contribution is 5.90. The van der Waals surface area contributed by atoms with E-state index in [0.29, 0.717) is 12.0 Å². The first-order valence-corrected chi connectivity index (χ1v) is 9.09. The van der Waals surface area contributed by atoms with E-state index in [9.17, 15) is 14.7 Å². The molecule has 3 aromatic rings. The third-order valence-corrected chi connectivity index (χ3v) is 5.29. The largest absolute Gasteiger partial charge is 0.481 e. The molecule has 1 unspecified atom stereocenters. The van der Waals surface area contributed by atoms with Crippen LogP contribution >= 0.6 is 0 Å². The second-order valence-electron chi connectivity index (χ2n) is 6.83. The molecule has 2 aromatic carbocycles. The van der Waals surface area contributed by atoms with Gasteiger partial charge < -0.3 is 15.4 Å². The number of carboxylic acids is 1. The average Bonchev–Trinajstić information content (AvgIpc) is 2.99. The first-order chi connectivity index (χ1) is 13.0. The molecule has 27 heavy (non-hydrogen) atoms. The van der Waals surface area contributed by atoms with Crippen LogP contribution in [-0.2, 0) is 21.4 Å². The van der Waals surface area contributed by atoms with Gasteiger partial charge in [0.2, 0.25) is 5.91 Å². The second kappa shape index (κ2) is 7.66. The zero-order valence-corrected chi connectivity index (χ0v) is 15.6. The number of carbonyl (C=O) groups excluding carboxylic acids is 1. The summed E-state index contributed by atoms with van der Waals surface area (Å²) in [6, 6.07) is 16.9. The third kappa shape index (κ3) is 3.58. The quantitative estimate of drug-likeness (QED) is 0.599. The summed E-state index contributed by atoms with van der Waals surface area (Å²) in [5, 5.41) is 13.7. The Hall–Kier alpha value is -3.08. The fourth-order valence-corrected chi connectivity index (χ4v) is 3.57. The van der Waals surface area contributed by atoms with Gasteiger partial charge in [-0.2, -0.15) is 0 Å². The van der Waals surface area contributed by atoms with Gasteiger partial charge in [-0.25, -0.2) is 0 Å². The molecule has 0 bridgehead atoms. The molecule has 0 saturated heterocycles. The Bertz CT molecular complexity index is 962. The topological polar surface area (TPSA) is 82.2 Å². The molecule has 5 heteroatoms. The van der Waals surface area contributed by atoms with Crippen LogP contribution in [-0.4, -0.2) is 28.5 Å². The van der Waals surface area contributed by atoms with Crippen LogP contribution in [0.4, 0.5) is 0 Å². The molecular formula is C22H24N2O3.